The summed E-state index contributed by atoms with van der Waals surface area (Å²) in [5, 5.41) is 20.2. The van der Waals surface area contributed by atoms with E-state index in [1.54, 1.807) is 0 Å². The van der Waals surface area contributed by atoms with E-state index in [0.29, 0.717) is 0 Å². The van der Waals surface area contributed by atoms with Gasteiger partial charge in [0.1, 0.15) is 31.8 Å². The summed E-state index contributed by atoms with van der Waals surface area (Å²) in [6.45, 7) is 2.97. The van der Waals surface area contributed by atoms with Crippen LogP contribution in [0.1, 0.15) is 19.8 Å². The molecule has 8 heteroatoms. The van der Waals surface area contributed by atoms with Gasteiger partial charge < -0.3 is 23.2 Å². The molecule has 0 radical (unpaired) electrons. The van der Waals surface area contributed by atoms with E-state index < -0.39 is 21.8 Å². The summed E-state index contributed by atoms with van der Waals surface area (Å²) in [5.74, 6) is -1.08. The van der Waals surface area contributed by atoms with E-state index in [1.165, 1.54) is 63.9 Å². The quantitative estimate of drug-likeness (QED) is 0.114. The van der Waals surface area contributed by atoms with Crippen molar-refractivity contribution in [2.45, 2.75) is 19.8 Å². The van der Waals surface area contributed by atoms with E-state index in [-0.39, 0.29) is 40.8 Å². The van der Waals surface area contributed by atoms with Gasteiger partial charge in [-0.1, -0.05) is 170 Å². The molecule has 3 nitrogen and oxygen atoms in total. The fourth-order valence-electron chi connectivity index (χ4n) is 6.29. The largest absolute Gasteiger partial charge is 0.550 e. The van der Waals surface area contributed by atoms with Crippen LogP contribution in [0.5, 0.6) is 0 Å². The summed E-state index contributed by atoms with van der Waals surface area (Å²) in [6.07, 6.45) is 2.56. The van der Waals surface area contributed by atoms with Crippen LogP contribution >= 0.6 is 24.4 Å². The number of carbonyl (C=O) groups excluding carboxylic acids is 1. The summed E-state index contributed by atoms with van der Waals surface area (Å²) < 4.78 is 4.94. The minimum absolute atomic E-state index is 0. The number of ether oxygens (including phenoxy) is 1. The second-order valence-corrected chi connectivity index (χ2v) is 19.8. The third-order valence-electron chi connectivity index (χ3n) is 8.97. The Labute approximate surface area is 401 Å². The van der Waals surface area contributed by atoms with E-state index in [9.17, 15) is 0 Å². The molecule has 1 fully saturated rings. The normalized spacial score (nSPS) is 10.9. The number of benzene rings is 8. The molecular weight excluding hydrogens is 1000 g/mol. The van der Waals surface area contributed by atoms with Crippen molar-refractivity contribution in [1.29, 1.82) is 0 Å². The van der Waals surface area contributed by atoms with Crippen molar-refractivity contribution in [2.24, 2.45) is 0 Å². The molecular formula is C54H53O3P3Pd2. The predicted octanol–water partition coefficient (Wildman–Crippen LogP) is 8.49. The van der Waals surface area contributed by atoms with E-state index in [1.807, 2.05) is 12.1 Å². The molecule has 0 aliphatic carbocycles. The molecule has 0 atom stereocenters. The fraction of sp³-hybridized carbons (Fsp3) is 0.0926. The van der Waals surface area contributed by atoms with Crippen molar-refractivity contribution in [1.82, 2.24) is 0 Å². The van der Waals surface area contributed by atoms with E-state index in [2.05, 4.69) is 231 Å². The Kier molecular flexibility index (Phi) is 26.6. The summed E-state index contributed by atoms with van der Waals surface area (Å²) in [5.41, 5.74) is 0. The third kappa shape index (κ3) is 19.5. The molecule has 0 unspecified atom stereocenters. The molecule has 8 aromatic carbocycles. The zero-order chi connectivity index (χ0) is 41.9. The number of hydrogen-bond acceptors (Lipinski definition) is 3. The number of carboxylic acid groups (broad SMARTS) is 1. The molecule has 0 N–H and O–H groups in total. The van der Waals surface area contributed by atoms with Crippen LogP contribution in [-0.4, -0.2) is 19.2 Å². The van der Waals surface area contributed by atoms with Crippen molar-refractivity contribution in [3.05, 3.63) is 243 Å². The first-order valence-corrected chi connectivity index (χ1v) is 24.1. The predicted molar refractivity (Wildman–Crippen MR) is 263 cm³/mol. The number of carbonyl (C=O) groups is 1. The first-order chi connectivity index (χ1) is 29.6. The first-order valence-electron chi connectivity index (χ1n) is 20.2. The topological polar surface area (TPSA) is 49.4 Å². The van der Waals surface area contributed by atoms with Crippen LogP contribution in [0.2, 0.25) is 0 Å². The third-order valence-corrected chi connectivity index (χ3v) is 15.5. The van der Waals surface area contributed by atoms with Gasteiger partial charge in [0.25, 0.3) is 0 Å². The van der Waals surface area contributed by atoms with Crippen molar-refractivity contribution >= 4 is 72.8 Å². The standard InChI is InChI=1S/2C18H15P.C12H10P.C4H8O.C2H4O2.2Pd/c2*1-4-10-16(11-5-1)19(17-12-6-2-7-13-17)18-14-8-3-9-15-18;1-3-7-11(8-4-1)13-12-9-5-2-6-10-12;1-2-4-5-3-1;1-2(3)4;;/h2*1-15H;1-10H;1-4H2;1H3,(H,3,4);;/q;;-1;;;;/p+1. The van der Waals surface area contributed by atoms with Crippen LogP contribution in [0.3, 0.4) is 0 Å². The number of aliphatic carboxylic acids is 1. The average Bonchev–Trinajstić information content (AvgIpc) is 3.91. The first kappa shape index (κ1) is 52.2. The Morgan fingerprint density at radius 1 is 0.387 bits per heavy atom. The Hall–Kier alpha value is -4.20. The van der Waals surface area contributed by atoms with Gasteiger partial charge in [0, 0.05) is 60.0 Å². The zero-order valence-corrected chi connectivity index (χ0v) is 40.7. The van der Waals surface area contributed by atoms with Gasteiger partial charge in [-0.15, -0.1) is 0 Å². The van der Waals surface area contributed by atoms with Crippen LogP contribution in [0.15, 0.2) is 243 Å². The van der Waals surface area contributed by atoms with Gasteiger partial charge in [-0.25, -0.2) is 10.6 Å². The fourth-order valence-corrected chi connectivity index (χ4v) is 12.4. The molecule has 1 aliphatic rings. The maximum atomic E-state index is 8.89. The smallest absolute Gasteiger partial charge is 0.102 e. The minimum Gasteiger partial charge on any atom is -0.550 e. The Morgan fingerprint density at radius 3 is 0.726 bits per heavy atom. The van der Waals surface area contributed by atoms with Crippen LogP contribution < -0.4 is 47.5 Å². The maximum absolute atomic E-state index is 8.89. The van der Waals surface area contributed by atoms with Crippen molar-refractivity contribution < 1.29 is 55.5 Å². The van der Waals surface area contributed by atoms with Gasteiger partial charge in [-0.3, -0.25) is 0 Å². The van der Waals surface area contributed by atoms with Crippen LogP contribution in [0, 0.1) is 0 Å². The van der Waals surface area contributed by atoms with Gasteiger partial charge in [0.2, 0.25) is 0 Å². The Balaban J connectivity index is 0.000000224. The summed E-state index contributed by atoms with van der Waals surface area (Å²) in [4.78, 5) is 8.89. The van der Waals surface area contributed by atoms with Crippen LogP contribution in [-0.2, 0) is 50.4 Å². The van der Waals surface area contributed by atoms with Gasteiger partial charge >= 0.3 is 0 Å². The Morgan fingerprint density at radius 2 is 0.565 bits per heavy atom. The van der Waals surface area contributed by atoms with Gasteiger partial charge in [0.05, 0.1) is 15.8 Å². The molecule has 1 heterocycles. The van der Waals surface area contributed by atoms with Gasteiger partial charge in [-0.2, -0.15) is 0 Å². The molecule has 0 saturated carbocycles. The number of carboxylic acids is 1. The second-order valence-electron chi connectivity index (χ2n) is 13.5. The molecule has 8 aromatic rings. The molecule has 0 spiro atoms. The molecule has 0 amide bonds. The minimum atomic E-state index is -1.08. The van der Waals surface area contributed by atoms with Crippen molar-refractivity contribution in [2.75, 3.05) is 13.2 Å². The molecule has 62 heavy (non-hydrogen) atoms. The molecule has 1 saturated heterocycles. The zero-order valence-electron chi connectivity index (χ0n) is 34.7. The SMILES string of the molecule is C1CCOC1.CC(=O)[O-].[Pd].[Pd].c1ccc([P-]c2ccccc2)cc1.c1ccc([PH+](c2ccccc2)c2ccccc2)cc1.c1ccc([PH+](c2ccccc2)c2ccccc2)cc1. The number of rotatable bonds is 8. The molecule has 1 aliphatic heterocycles. The number of hydrogen-bond donors (Lipinski definition) is 0. The summed E-state index contributed by atoms with van der Waals surface area (Å²) >= 11 is 0. The molecule has 322 valence electrons. The molecule has 9 rings (SSSR count). The van der Waals surface area contributed by atoms with E-state index >= 15 is 0 Å². The van der Waals surface area contributed by atoms with Gasteiger partial charge in [-0.05, 0) is 92.6 Å². The summed E-state index contributed by atoms with van der Waals surface area (Å²) in [6, 6.07) is 86.0. The average molecular weight is 1060 g/mol. The van der Waals surface area contributed by atoms with Gasteiger partial charge in [0.15, 0.2) is 0 Å². The van der Waals surface area contributed by atoms with E-state index in [0.717, 1.165) is 20.1 Å². The second kappa shape index (κ2) is 31.6. The Bertz CT molecular complexity index is 1940. The van der Waals surface area contributed by atoms with Crippen molar-refractivity contribution in [3.8, 4) is 0 Å². The monoisotopic (exact) mass is 1050 g/mol. The molecule has 0 bridgehead atoms. The van der Waals surface area contributed by atoms with Crippen molar-refractivity contribution in [3.63, 3.8) is 0 Å². The van der Waals surface area contributed by atoms with Crippen LogP contribution in [0.25, 0.3) is 0 Å². The molecule has 0 aromatic heterocycles. The maximum Gasteiger partial charge on any atom is 0.102 e. The van der Waals surface area contributed by atoms with E-state index in [4.69, 9.17) is 14.6 Å². The summed E-state index contributed by atoms with van der Waals surface area (Å²) in [7, 11) is -0.473. The van der Waals surface area contributed by atoms with Crippen LogP contribution in [0.4, 0.5) is 0 Å².